The zero-order valence-electron chi connectivity index (χ0n) is 11.2. The van der Waals surface area contributed by atoms with Crippen LogP contribution in [-0.4, -0.2) is 24.3 Å². The van der Waals surface area contributed by atoms with Crippen molar-refractivity contribution in [2.45, 2.75) is 0 Å². The first-order valence-electron chi connectivity index (χ1n) is 6.06. The summed E-state index contributed by atoms with van der Waals surface area (Å²) >= 11 is 3.29. The van der Waals surface area contributed by atoms with E-state index < -0.39 is 0 Å². The van der Waals surface area contributed by atoms with Crippen LogP contribution in [0, 0.1) is 0 Å². The number of aromatic hydroxyl groups is 1. The number of hydrazone groups is 1. The molecule has 2 rings (SSSR count). The largest absolute Gasteiger partial charge is 0.507 e. The lowest BCUT2D eigenvalue weighted by molar-refractivity contribution is 0.0954. The maximum Gasteiger partial charge on any atom is 0.272 e. The van der Waals surface area contributed by atoms with Gasteiger partial charge in [0.2, 0.25) is 0 Å². The van der Waals surface area contributed by atoms with Crippen molar-refractivity contribution < 1.29 is 14.6 Å². The highest BCUT2D eigenvalue weighted by Crippen LogP contribution is 2.21. The summed E-state index contributed by atoms with van der Waals surface area (Å²) in [5, 5.41) is 13.5. The van der Waals surface area contributed by atoms with E-state index >= 15 is 0 Å². The van der Waals surface area contributed by atoms with Crippen LogP contribution in [-0.2, 0) is 0 Å². The van der Waals surface area contributed by atoms with Gasteiger partial charge in [-0.2, -0.15) is 5.10 Å². The van der Waals surface area contributed by atoms with Crippen molar-refractivity contribution in [3.63, 3.8) is 0 Å². The second kappa shape index (κ2) is 6.90. The summed E-state index contributed by atoms with van der Waals surface area (Å²) in [7, 11) is 1.53. The van der Waals surface area contributed by atoms with Crippen LogP contribution in [0.3, 0.4) is 0 Å². The summed E-state index contributed by atoms with van der Waals surface area (Å²) in [6, 6.07) is 11.8. The average molecular weight is 349 g/mol. The van der Waals surface area contributed by atoms with E-state index in [2.05, 4.69) is 26.5 Å². The Morgan fingerprint density at radius 2 is 2.10 bits per heavy atom. The van der Waals surface area contributed by atoms with Gasteiger partial charge >= 0.3 is 0 Å². The topological polar surface area (TPSA) is 70.9 Å². The number of phenols is 1. The molecule has 0 aromatic heterocycles. The number of amides is 1. The van der Waals surface area contributed by atoms with Crippen molar-refractivity contribution in [2.24, 2.45) is 5.10 Å². The lowest BCUT2D eigenvalue weighted by Gasteiger charge is -2.04. The molecule has 0 spiro atoms. The van der Waals surface area contributed by atoms with Gasteiger partial charge in [-0.05, 0) is 46.3 Å². The molecular formula is C15H13BrN2O3. The molecule has 21 heavy (non-hydrogen) atoms. The van der Waals surface area contributed by atoms with Crippen LogP contribution < -0.4 is 10.2 Å². The Morgan fingerprint density at radius 1 is 1.33 bits per heavy atom. The van der Waals surface area contributed by atoms with Crippen molar-refractivity contribution >= 4 is 28.1 Å². The summed E-state index contributed by atoms with van der Waals surface area (Å²) in [5.74, 6) is 0.294. The SMILES string of the molecule is COc1ccc(O)c(/C=N/NC(=O)c2ccccc2Br)c1. The Morgan fingerprint density at radius 3 is 2.81 bits per heavy atom. The fourth-order valence-corrected chi connectivity index (χ4v) is 2.09. The number of carbonyl (C=O) groups is 1. The molecule has 6 heteroatoms. The molecule has 0 radical (unpaired) electrons. The molecule has 0 saturated carbocycles. The van der Waals surface area contributed by atoms with E-state index in [9.17, 15) is 9.90 Å². The summed E-state index contributed by atoms with van der Waals surface area (Å²) in [6.07, 6.45) is 1.35. The summed E-state index contributed by atoms with van der Waals surface area (Å²) in [5.41, 5.74) is 3.32. The van der Waals surface area contributed by atoms with Crippen LogP contribution in [0.5, 0.6) is 11.5 Å². The summed E-state index contributed by atoms with van der Waals surface area (Å²) in [4.78, 5) is 11.9. The summed E-state index contributed by atoms with van der Waals surface area (Å²) < 4.78 is 5.74. The van der Waals surface area contributed by atoms with Gasteiger partial charge in [-0.3, -0.25) is 4.79 Å². The number of nitrogens with zero attached hydrogens (tertiary/aromatic N) is 1. The highest BCUT2D eigenvalue weighted by Gasteiger charge is 2.07. The fourth-order valence-electron chi connectivity index (χ4n) is 1.63. The monoisotopic (exact) mass is 348 g/mol. The van der Waals surface area contributed by atoms with Gasteiger partial charge in [0.05, 0.1) is 18.9 Å². The Kier molecular flexibility index (Phi) is 4.94. The van der Waals surface area contributed by atoms with Gasteiger partial charge in [0.15, 0.2) is 0 Å². The number of benzene rings is 2. The molecule has 5 nitrogen and oxygen atoms in total. The molecule has 0 bridgehead atoms. The van der Waals surface area contributed by atoms with Crippen LogP contribution in [0.1, 0.15) is 15.9 Å². The number of rotatable bonds is 4. The first-order chi connectivity index (χ1) is 10.1. The molecule has 0 aliphatic rings. The number of phenolic OH excluding ortho intramolecular Hbond substituents is 1. The van der Waals surface area contributed by atoms with Gasteiger partial charge in [0, 0.05) is 10.0 Å². The molecule has 0 saturated heterocycles. The molecule has 2 aromatic rings. The predicted molar refractivity (Wildman–Crippen MR) is 83.9 cm³/mol. The molecule has 1 amide bonds. The van der Waals surface area contributed by atoms with Crippen LogP contribution >= 0.6 is 15.9 Å². The minimum atomic E-state index is -0.346. The van der Waals surface area contributed by atoms with Crippen LogP contribution in [0.25, 0.3) is 0 Å². The number of nitrogens with one attached hydrogen (secondary N) is 1. The van der Waals surface area contributed by atoms with Crippen LogP contribution in [0.2, 0.25) is 0 Å². The van der Waals surface area contributed by atoms with Crippen molar-refractivity contribution in [2.75, 3.05) is 7.11 Å². The highest BCUT2D eigenvalue weighted by molar-refractivity contribution is 9.10. The van der Waals surface area contributed by atoms with E-state index in [1.54, 1.807) is 30.3 Å². The normalized spacial score (nSPS) is 10.6. The molecule has 108 valence electrons. The number of hydrogen-bond acceptors (Lipinski definition) is 4. The minimum absolute atomic E-state index is 0.0506. The number of hydrogen-bond donors (Lipinski definition) is 2. The number of halogens is 1. The van der Waals surface area contributed by atoms with Gasteiger partial charge in [0.25, 0.3) is 5.91 Å². The Hall–Kier alpha value is -2.34. The van der Waals surface area contributed by atoms with Gasteiger partial charge in [-0.15, -0.1) is 0 Å². The van der Waals surface area contributed by atoms with Gasteiger partial charge < -0.3 is 9.84 Å². The fraction of sp³-hybridized carbons (Fsp3) is 0.0667. The molecule has 0 aliphatic heterocycles. The quantitative estimate of drug-likeness (QED) is 0.659. The maximum atomic E-state index is 11.9. The van der Waals surface area contributed by atoms with Crippen molar-refractivity contribution in [3.8, 4) is 11.5 Å². The highest BCUT2D eigenvalue weighted by atomic mass is 79.9. The van der Waals surface area contributed by atoms with Gasteiger partial charge in [-0.25, -0.2) is 5.43 Å². The zero-order chi connectivity index (χ0) is 15.2. The number of ether oxygens (including phenoxy) is 1. The molecule has 0 unspecified atom stereocenters. The zero-order valence-corrected chi connectivity index (χ0v) is 12.8. The van der Waals surface area contributed by atoms with E-state index in [0.717, 1.165) is 0 Å². The molecule has 0 heterocycles. The number of methoxy groups -OCH3 is 1. The Bertz CT molecular complexity index is 686. The van der Waals surface area contributed by atoms with E-state index in [1.165, 1.54) is 19.4 Å². The second-order valence-corrected chi connectivity index (χ2v) is 4.96. The van der Waals surface area contributed by atoms with E-state index in [1.807, 2.05) is 6.07 Å². The maximum absolute atomic E-state index is 11.9. The molecule has 2 N–H and O–H groups in total. The lowest BCUT2D eigenvalue weighted by atomic mass is 10.2. The van der Waals surface area contributed by atoms with Crippen LogP contribution in [0.15, 0.2) is 52.0 Å². The third-order valence-electron chi connectivity index (χ3n) is 2.72. The standard InChI is InChI=1S/C15H13BrN2O3/c1-21-11-6-7-14(19)10(8-11)9-17-18-15(20)12-4-2-3-5-13(12)16/h2-9,19H,1H3,(H,18,20)/b17-9+. The smallest absolute Gasteiger partial charge is 0.272 e. The third kappa shape index (κ3) is 3.82. The first kappa shape index (κ1) is 15.1. The number of carbonyl (C=O) groups excluding carboxylic acids is 1. The van der Waals surface area contributed by atoms with Crippen molar-refractivity contribution in [1.82, 2.24) is 5.43 Å². The first-order valence-corrected chi connectivity index (χ1v) is 6.86. The molecule has 0 fully saturated rings. The van der Waals surface area contributed by atoms with E-state index in [4.69, 9.17) is 4.74 Å². The van der Waals surface area contributed by atoms with Gasteiger partial charge in [-0.1, -0.05) is 12.1 Å². The predicted octanol–water partition coefficient (Wildman–Crippen LogP) is 2.93. The van der Waals surface area contributed by atoms with E-state index in [0.29, 0.717) is 21.3 Å². The molecular weight excluding hydrogens is 336 g/mol. The van der Waals surface area contributed by atoms with E-state index in [-0.39, 0.29) is 11.7 Å². The Labute approximate surface area is 130 Å². The average Bonchev–Trinajstić information content (AvgIpc) is 2.49. The molecule has 0 aliphatic carbocycles. The minimum Gasteiger partial charge on any atom is -0.507 e. The van der Waals surface area contributed by atoms with Crippen molar-refractivity contribution in [3.05, 3.63) is 58.1 Å². The molecule has 0 atom stereocenters. The molecule has 2 aromatic carbocycles. The van der Waals surface area contributed by atoms with Crippen molar-refractivity contribution in [1.29, 1.82) is 0 Å². The van der Waals surface area contributed by atoms with Crippen LogP contribution in [0.4, 0.5) is 0 Å². The lowest BCUT2D eigenvalue weighted by Crippen LogP contribution is -2.18. The Balaban J connectivity index is 2.09. The second-order valence-electron chi connectivity index (χ2n) is 4.10. The third-order valence-corrected chi connectivity index (χ3v) is 3.41. The van der Waals surface area contributed by atoms with Gasteiger partial charge in [0.1, 0.15) is 11.5 Å². The summed E-state index contributed by atoms with van der Waals surface area (Å²) in [6.45, 7) is 0.